The summed E-state index contributed by atoms with van der Waals surface area (Å²) in [6.07, 6.45) is 3.59. The van der Waals surface area contributed by atoms with Crippen LogP contribution < -0.4 is 0 Å². The highest BCUT2D eigenvalue weighted by Crippen LogP contribution is 2.28. The van der Waals surface area contributed by atoms with Gasteiger partial charge in [0.15, 0.2) is 0 Å². The smallest absolute Gasteiger partial charge is 0.289 e. The summed E-state index contributed by atoms with van der Waals surface area (Å²) < 4.78 is 37.5. The second-order valence-electron chi connectivity index (χ2n) is 5.26. The maximum atomic E-state index is 12.5. The Hall–Kier alpha value is -0.540. The molecular formula is C15H27F3O. The van der Waals surface area contributed by atoms with E-state index in [1.54, 1.807) is 0 Å². The lowest BCUT2D eigenvalue weighted by Crippen LogP contribution is -2.30. The van der Waals surface area contributed by atoms with Gasteiger partial charge in [0.25, 0.3) is 0 Å². The standard InChI is InChI=1S/C15H27F3O/c1-3-5-7-9-11-13(12-10-8-6-4-2)14(19)15(16,17)18/h13H,3-12H2,1-2H3. The van der Waals surface area contributed by atoms with Crippen LogP contribution in [0.3, 0.4) is 0 Å². The maximum Gasteiger partial charge on any atom is 0.450 e. The monoisotopic (exact) mass is 280 g/mol. The lowest BCUT2D eigenvalue weighted by Gasteiger charge is -2.17. The normalized spacial score (nSPS) is 12.1. The molecule has 114 valence electrons. The fraction of sp³-hybridized carbons (Fsp3) is 0.933. The molecule has 0 aromatic carbocycles. The number of hydrogen-bond acceptors (Lipinski definition) is 1. The molecule has 0 fully saturated rings. The molecule has 0 heterocycles. The van der Waals surface area contributed by atoms with E-state index in [4.69, 9.17) is 0 Å². The lowest BCUT2D eigenvalue weighted by atomic mass is 9.90. The molecule has 0 aromatic heterocycles. The Kier molecular flexibility index (Phi) is 9.98. The summed E-state index contributed by atoms with van der Waals surface area (Å²) >= 11 is 0. The Balaban J connectivity index is 4.18. The average molecular weight is 280 g/mol. The van der Waals surface area contributed by atoms with E-state index in [2.05, 4.69) is 13.8 Å². The molecule has 0 aromatic rings. The number of carbonyl (C=O) groups is 1. The van der Waals surface area contributed by atoms with Gasteiger partial charge in [0.05, 0.1) is 0 Å². The molecule has 0 aliphatic rings. The number of halogens is 3. The number of ketones is 1. The van der Waals surface area contributed by atoms with Gasteiger partial charge >= 0.3 is 6.18 Å². The molecule has 0 rings (SSSR count). The minimum absolute atomic E-state index is 0.393. The van der Waals surface area contributed by atoms with Crippen LogP contribution in [0.15, 0.2) is 0 Å². The van der Waals surface area contributed by atoms with Gasteiger partial charge < -0.3 is 0 Å². The summed E-state index contributed by atoms with van der Waals surface area (Å²) in [4.78, 5) is 11.4. The molecule has 0 spiro atoms. The first-order valence-corrected chi connectivity index (χ1v) is 7.54. The van der Waals surface area contributed by atoms with Crippen LogP contribution in [0, 0.1) is 5.92 Å². The Labute approximate surface area is 115 Å². The van der Waals surface area contributed by atoms with E-state index in [-0.39, 0.29) is 0 Å². The van der Waals surface area contributed by atoms with E-state index in [0.29, 0.717) is 12.8 Å². The van der Waals surface area contributed by atoms with Crippen molar-refractivity contribution in [2.24, 2.45) is 5.92 Å². The number of unbranched alkanes of at least 4 members (excludes halogenated alkanes) is 6. The number of Topliss-reactive ketones (excluding diaryl/α,β-unsaturated/α-hetero) is 1. The van der Waals surface area contributed by atoms with Crippen molar-refractivity contribution in [3.63, 3.8) is 0 Å². The largest absolute Gasteiger partial charge is 0.450 e. The Morgan fingerprint density at radius 3 is 1.58 bits per heavy atom. The molecule has 4 heteroatoms. The van der Waals surface area contributed by atoms with Gasteiger partial charge in [-0.15, -0.1) is 0 Å². The quantitative estimate of drug-likeness (QED) is 0.445. The highest BCUT2D eigenvalue weighted by atomic mass is 19.4. The first kappa shape index (κ1) is 18.5. The SMILES string of the molecule is CCCCCCC(CCCCCC)C(=O)C(F)(F)F. The third kappa shape index (κ3) is 9.06. The predicted molar refractivity (Wildman–Crippen MR) is 72.1 cm³/mol. The Morgan fingerprint density at radius 1 is 0.842 bits per heavy atom. The minimum Gasteiger partial charge on any atom is -0.289 e. The first-order valence-electron chi connectivity index (χ1n) is 7.54. The van der Waals surface area contributed by atoms with Gasteiger partial charge in [-0.3, -0.25) is 4.79 Å². The van der Waals surface area contributed by atoms with Crippen LogP contribution in [-0.2, 0) is 4.79 Å². The molecule has 0 saturated heterocycles. The molecule has 0 atom stereocenters. The molecule has 19 heavy (non-hydrogen) atoms. The maximum absolute atomic E-state index is 12.5. The predicted octanol–water partition coefficient (Wildman–Crippen LogP) is 5.67. The zero-order valence-corrected chi connectivity index (χ0v) is 12.2. The summed E-state index contributed by atoms with van der Waals surface area (Å²) in [5.74, 6) is -2.32. The summed E-state index contributed by atoms with van der Waals surface area (Å²) in [6.45, 7) is 4.12. The first-order chi connectivity index (χ1) is 8.93. The third-order valence-electron chi connectivity index (χ3n) is 3.46. The van der Waals surface area contributed by atoms with Crippen molar-refractivity contribution >= 4 is 5.78 Å². The minimum atomic E-state index is -4.67. The number of rotatable bonds is 11. The van der Waals surface area contributed by atoms with Crippen LogP contribution in [0.25, 0.3) is 0 Å². The van der Waals surface area contributed by atoms with Gasteiger partial charge in [-0.2, -0.15) is 13.2 Å². The van der Waals surface area contributed by atoms with Crippen LogP contribution >= 0.6 is 0 Å². The molecule has 0 amide bonds. The van der Waals surface area contributed by atoms with Crippen LogP contribution in [0.2, 0.25) is 0 Å². The van der Waals surface area contributed by atoms with Crippen molar-refractivity contribution in [2.45, 2.75) is 84.2 Å². The van der Waals surface area contributed by atoms with Crippen LogP contribution in [0.5, 0.6) is 0 Å². The summed E-state index contributed by atoms with van der Waals surface area (Å²) in [7, 11) is 0. The highest BCUT2D eigenvalue weighted by molar-refractivity contribution is 5.86. The van der Waals surface area contributed by atoms with E-state index in [0.717, 1.165) is 51.4 Å². The van der Waals surface area contributed by atoms with Crippen molar-refractivity contribution in [1.82, 2.24) is 0 Å². The molecule has 0 aliphatic carbocycles. The molecule has 0 bridgehead atoms. The zero-order chi connectivity index (χ0) is 14.7. The van der Waals surface area contributed by atoms with E-state index in [1.807, 2.05) is 0 Å². The molecule has 0 unspecified atom stereocenters. The molecule has 1 nitrogen and oxygen atoms in total. The van der Waals surface area contributed by atoms with Gasteiger partial charge in [0, 0.05) is 5.92 Å². The zero-order valence-electron chi connectivity index (χ0n) is 12.2. The van der Waals surface area contributed by atoms with Gasteiger partial charge in [0.1, 0.15) is 0 Å². The molecular weight excluding hydrogens is 253 g/mol. The van der Waals surface area contributed by atoms with Crippen LogP contribution in [-0.4, -0.2) is 12.0 Å². The van der Waals surface area contributed by atoms with Crippen molar-refractivity contribution in [1.29, 1.82) is 0 Å². The molecule has 0 N–H and O–H groups in total. The summed E-state index contributed by atoms with van der Waals surface area (Å²) in [6, 6.07) is 0. The van der Waals surface area contributed by atoms with E-state index in [1.165, 1.54) is 0 Å². The number of alkyl halides is 3. The fourth-order valence-corrected chi connectivity index (χ4v) is 2.27. The van der Waals surface area contributed by atoms with E-state index < -0.39 is 17.9 Å². The van der Waals surface area contributed by atoms with Gasteiger partial charge in [-0.1, -0.05) is 65.2 Å². The fourth-order valence-electron chi connectivity index (χ4n) is 2.27. The van der Waals surface area contributed by atoms with Crippen molar-refractivity contribution in [3.05, 3.63) is 0 Å². The number of carbonyl (C=O) groups excluding carboxylic acids is 1. The molecule has 0 aliphatic heterocycles. The van der Waals surface area contributed by atoms with E-state index in [9.17, 15) is 18.0 Å². The van der Waals surface area contributed by atoms with Crippen molar-refractivity contribution in [3.8, 4) is 0 Å². The molecule has 0 saturated carbocycles. The second kappa shape index (κ2) is 10.3. The summed E-state index contributed by atoms with van der Waals surface area (Å²) in [5.41, 5.74) is 0. The molecule has 0 radical (unpaired) electrons. The summed E-state index contributed by atoms with van der Waals surface area (Å²) in [5, 5.41) is 0. The highest BCUT2D eigenvalue weighted by Gasteiger charge is 2.42. The van der Waals surface area contributed by atoms with Gasteiger partial charge in [-0.25, -0.2) is 0 Å². The lowest BCUT2D eigenvalue weighted by molar-refractivity contribution is -0.176. The average Bonchev–Trinajstić information content (AvgIpc) is 2.35. The van der Waals surface area contributed by atoms with Gasteiger partial charge in [0.2, 0.25) is 5.78 Å². The third-order valence-corrected chi connectivity index (χ3v) is 3.46. The Morgan fingerprint density at radius 2 is 1.26 bits per heavy atom. The topological polar surface area (TPSA) is 17.1 Å². The van der Waals surface area contributed by atoms with Crippen molar-refractivity contribution < 1.29 is 18.0 Å². The van der Waals surface area contributed by atoms with Crippen LogP contribution in [0.1, 0.15) is 78.1 Å². The van der Waals surface area contributed by atoms with Gasteiger partial charge in [-0.05, 0) is 12.8 Å². The van der Waals surface area contributed by atoms with Crippen molar-refractivity contribution in [2.75, 3.05) is 0 Å². The second-order valence-corrected chi connectivity index (χ2v) is 5.26. The van der Waals surface area contributed by atoms with Crippen LogP contribution in [0.4, 0.5) is 13.2 Å². The Bertz CT molecular complexity index is 224. The number of hydrogen-bond donors (Lipinski definition) is 0. The van der Waals surface area contributed by atoms with E-state index >= 15 is 0 Å².